The lowest BCUT2D eigenvalue weighted by Gasteiger charge is -2.07. The number of hydrogen-bond acceptors (Lipinski definition) is 2. The van der Waals surface area contributed by atoms with E-state index in [1.165, 1.54) is 0 Å². The minimum Gasteiger partial charge on any atom is -0.352 e. The number of halogens is 2. The summed E-state index contributed by atoms with van der Waals surface area (Å²) in [6.07, 6.45) is 2.40. The smallest absolute Gasteiger partial charge is 0.234 e. The Labute approximate surface area is 117 Å². The number of benzene rings is 1. The largest absolute Gasteiger partial charge is 0.352 e. The molecular formula is C13H16Cl2N2O. The molecule has 5 heteroatoms. The Morgan fingerprint density at radius 3 is 2.83 bits per heavy atom. The molecular weight excluding hydrogens is 271 g/mol. The molecule has 1 rings (SSSR count). The van der Waals surface area contributed by atoms with Gasteiger partial charge in [0.2, 0.25) is 5.91 Å². The van der Waals surface area contributed by atoms with E-state index in [9.17, 15) is 4.79 Å². The van der Waals surface area contributed by atoms with Crippen LogP contribution in [0.4, 0.5) is 0 Å². The van der Waals surface area contributed by atoms with Gasteiger partial charge in [-0.2, -0.15) is 0 Å². The van der Waals surface area contributed by atoms with Crippen LogP contribution < -0.4 is 10.6 Å². The monoisotopic (exact) mass is 286 g/mol. The first-order valence-electron chi connectivity index (χ1n) is 5.65. The van der Waals surface area contributed by atoms with Crippen LogP contribution in [0.25, 0.3) is 0 Å². The van der Waals surface area contributed by atoms with Crippen LogP contribution in [0.1, 0.15) is 5.56 Å². The van der Waals surface area contributed by atoms with Gasteiger partial charge in [-0.1, -0.05) is 35.3 Å². The second-order valence-corrected chi connectivity index (χ2v) is 4.60. The molecule has 2 N–H and O–H groups in total. The predicted octanol–water partition coefficient (Wildman–Crippen LogP) is 2.43. The normalized spacial score (nSPS) is 10.1. The number of carbonyl (C=O) groups excluding carboxylic acids is 1. The van der Waals surface area contributed by atoms with Crippen LogP contribution in [0, 0.1) is 0 Å². The van der Waals surface area contributed by atoms with E-state index in [-0.39, 0.29) is 5.91 Å². The third-order valence-corrected chi connectivity index (χ3v) is 2.90. The molecule has 0 aliphatic rings. The van der Waals surface area contributed by atoms with Crippen molar-refractivity contribution in [2.24, 2.45) is 0 Å². The molecule has 1 aromatic carbocycles. The summed E-state index contributed by atoms with van der Waals surface area (Å²) in [5, 5.41) is 7.01. The molecule has 1 amide bonds. The van der Waals surface area contributed by atoms with E-state index in [0.29, 0.717) is 29.7 Å². The first-order chi connectivity index (χ1) is 8.63. The average Bonchev–Trinajstić information content (AvgIpc) is 2.34. The van der Waals surface area contributed by atoms with E-state index >= 15 is 0 Å². The number of hydrogen-bond donors (Lipinski definition) is 2. The van der Waals surface area contributed by atoms with Gasteiger partial charge in [-0.3, -0.25) is 4.79 Å². The first kappa shape index (κ1) is 15.0. The Bertz CT molecular complexity index is 421. The molecule has 0 aliphatic carbocycles. The summed E-state index contributed by atoms with van der Waals surface area (Å²) in [7, 11) is 0. The lowest BCUT2D eigenvalue weighted by molar-refractivity contribution is -0.120. The zero-order valence-corrected chi connectivity index (χ0v) is 11.5. The fourth-order valence-corrected chi connectivity index (χ4v) is 1.90. The fourth-order valence-electron chi connectivity index (χ4n) is 1.40. The summed E-state index contributed by atoms with van der Waals surface area (Å²) in [5.74, 6) is -0.0443. The van der Waals surface area contributed by atoms with Crippen molar-refractivity contribution in [1.29, 1.82) is 0 Å². The molecule has 0 saturated heterocycles. The molecule has 0 atom stereocenters. The highest BCUT2D eigenvalue weighted by Gasteiger charge is 2.02. The minimum absolute atomic E-state index is 0.0443. The van der Waals surface area contributed by atoms with Crippen molar-refractivity contribution in [2.45, 2.75) is 6.42 Å². The van der Waals surface area contributed by atoms with E-state index < -0.39 is 0 Å². The number of nitrogens with one attached hydrogen (secondary N) is 2. The van der Waals surface area contributed by atoms with Crippen molar-refractivity contribution in [3.8, 4) is 0 Å². The highest BCUT2D eigenvalue weighted by molar-refractivity contribution is 6.35. The van der Waals surface area contributed by atoms with Crippen LogP contribution in [-0.2, 0) is 11.2 Å². The highest BCUT2D eigenvalue weighted by atomic mass is 35.5. The molecule has 98 valence electrons. The van der Waals surface area contributed by atoms with Gasteiger partial charge >= 0.3 is 0 Å². The first-order valence-corrected chi connectivity index (χ1v) is 6.41. The van der Waals surface area contributed by atoms with E-state index in [1.54, 1.807) is 18.2 Å². The zero-order chi connectivity index (χ0) is 13.4. The fraction of sp³-hybridized carbons (Fsp3) is 0.308. The van der Waals surface area contributed by atoms with Gasteiger partial charge in [-0.15, -0.1) is 6.58 Å². The summed E-state index contributed by atoms with van der Waals surface area (Å²) in [4.78, 5) is 11.3. The van der Waals surface area contributed by atoms with Crippen LogP contribution in [-0.4, -0.2) is 25.5 Å². The standard InChI is InChI=1S/C13H16Cl2N2O/c1-2-6-17-13(18)9-16-7-5-10-3-4-11(14)8-12(10)15/h2-4,8,16H,1,5-7,9H2,(H,17,18). The Morgan fingerprint density at radius 1 is 1.39 bits per heavy atom. The van der Waals surface area contributed by atoms with Crippen LogP contribution in [0.5, 0.6) is 0 Å². The zero-order valence-electron chi connectivity index (χ0n) is 10.0. The molecule has 1 aromatic rings. The van der Waals surface area contributed by atoms with Gasteiger partial charge in [0.15, 0.2) is 0 Å². The summed E-state index contributed by atoms with van der Waals surface area (Å²) in [6, 6.07) is 5.42. The minimum atomic E-state index is -0.0443. The number of rotatable bonds is 7. The van der Waals surface area contributed by atoms with Crippen LogP contribution in [0.15, 0.2) is 30.9 Å². The van der Waals surface area contributed by atoms with Crippen molar-refractivity contribution < 1.29 is 4.79 Å². The van der Waals surface area contributed by atoms with Crippen molar-refractivity contribution in [3.63, 3.8) is 0 Å². The van der Waals surface area contributed by atoms with E-state index in [1.807, 2.05) is 6.07 Å². The summed E-state index contributed by atoms with van der Waals surface area (Å²) in [6.45, 7) is 4.99. The maximum atomic E-state index is 11.3. The predicted molar refractivity (Wildman–Crippen MR) is 76.2 cm³/mol. The van der Waals surface area contributed by atoms with Crippen molar-refractivity contribution >= 4 is 29.1 Å². The van der Waals surface area contributed by atoms with Gasteiger partial charge in [-0.25, -0.2) is 0 Å². The Hall–Kier alpha value is -1.03. The second-order valence-electron chi connectivity index (χ2n) is 3.76. The SMILES string of the molecule is C=CCNC(=O)CNCCc1ccc(Cl)cc1Cl. The lowest BCUT2D eigenvalue weighted by atomic mass is 10.1. The molecule has 0 unspecified atom stereocenters. The van der Waals surface area contributed by atoms with E-state index in [0.717, 1.165) is 12.0 Å². The molecule has 0 bridgehead atoms. The maximum absolute atomic E-state index is 11.3. The topological polar surface area (TPSA) is 41.1 Å². The Kier molecular flexibility index (Phi) is 6.80. The molecule has 0 saturated carbocycles. The van der Waals surface area contributed by atoms with E-state index in [4.69, 9.17) is 23.2 Å². The van der Waals surface area contributed by atoms with Crippen LogP contribution in [0.2, 0.25) is 10.0 Å². The van der Waals surface area contributed by atoms with Crippen LogP contribution >= 0.6 is 23.2 Å². The van der Waals surface area contributed by atoms with Gasteiger partial charge in [-0.05, 0) is 30.7 Å². The van der Waals surface area contributed by atoms with Crippen molar-refractivity contribution in [3.05, 3.63) is 46.5 Å². The molecule has 0 aliphatic heterocycles. The molecule has 0 aromatic heterocycles. The van der Waals surface area contributed by atoms with Gasteiger partial charge in [0, 0.05) is 16.6 Å². The molecule has 0 radical (unpaired) electrons. The van der Waals surface area contributed by atoms with Gasteiger partial charge < -0.3 is 10.6 Å². The second kappa shape index (κ2) is 8.14. The molecule has 18 heavy (non-hydrogen) atoms. The highest BCUT2D eigenvalue weighted by Crippen LogP contribution is 2.20. The van der Waals surface area contributed by atoms with Gasteiger partial charge in [0.1, 0.15) is 0 Å². The molecule has 0 fully saturated rings. The van der Waals surface area contributed by atoms with Gasteiger partial charge in [0.25, 0.3) is 0 Å². The van der Waals surface area contributed by atoms with E-state index in [2.05, 4.69) is 17.2 Å². The molecule has 0 spiro atoms. The molecule has 3 nitrogen and oxygen atoms in total. The number of carbonyl (C=O) groups is 1. The average molecular weight is 287 g/mol. The molecule has 0 heterocycles. The maximum Gasteiger partial charge on any atom is 0.234 e. The summed E-state index contributed by atoms with van der Waals surface area (Å²) < 4.78 is 0. The van der Waals surface area contributed by atoms with Crippen molar-refractivity contribution in [2.75, 3.05) is 19.6 Å². The third kappa shape index (κ3) is 5.54. The lowest BCUT2D eigenvalue weighted by Crippen LogP contribution is -2.34. The Balaban J connectivity index is 2.25. The summed E-state index contributed by atoms with van der Waals surface area (Å²) >= 11 is 11.8. The van der Waals surface area contributed by atoms with Gasteiger partial charge in [0.05, 0.1) is 6.54 Å². The third-order valence-electron chi connectivity index (χ3n) is 2.32. The quantitative estimate of drug-likeness (QED) is 0.597. The van der Waals surface area contributed by atoms with Crippen molar-refractivity contribution in [1.82, 2.24) is 10.6 Å². The Morgan fingerprint density at radius 2 is 2.17 bits per heavy atom. The van der Waals surface area contributed by atoms with Crippen LogP contribution in [0.3, 0.4) is 0 Å². The summed E-state index contributed by atoms with van der Waals surface area (Å²) in [5.41, 5.74) is 1.01. The number of amides is 1.